The second kappa shape index (κ2) is 8.62. The minimum absolute atomic E-state index is 0.0369. The topological polar surface area (TPSA) is 35.6 Å². The maximum Gasteiger partial charge on any atom is 0.221 e. The van der Waals surface area contributed by atoms with E-state index in [2.05, 4.69) is 39.4 Å². The summed E-state index contributed by atoms with van der Waals surface area (Å²) in [6.07, 6.45) is 0.493. The van der Waals surface area contributed by atoms with Crippen LogP contribution in [-0.2, 0) is 11.3 Å². The lowest BCUT2D eigenvalue weighted by Gasteiger charge is -2.36. The molecule has 1 aliphatic rings. The van der Waals surface area contributed by atoms with Crippen molar-refractivity contribution in [1.82, 2.24) is 10.2 Å². The van der Waals surface area contributed by atoms with E-state index in [4.69, 9.17) is 0 Å². The molecule has 0 atom stereocenters. The first-order valence-electron chi connectivity index (χ1n) is 8.74. The lowest BCUT2D eigenvalue weighted by Crippen LogP contribution is -2.47. The van der Waals surface area contributed by atoms with Gasteiger partial charge in [0.05, 0.1) is 0 Å². The van der Waals surface area contributed by atoms with E-state index in [1.54, 1.807) is 12.1 Å². The monoisotopic (exact) mass is 341 g/mol. The molecule has 3 rings (SSSR count). The molecular formula is C20H24FN3O. The summed E-state index contributed by atoms with van der Waals surface area (Å²) >= 11 is 0. The van der Waals surface area contributed by atoms with Crippen LogP contribution in [-0.4, -0.2) is 43.5 Å². The van der Waals surface area contributed by atoms with E-state index in [9.17, 15) is 9.18 Å². The summed E-state index contributed by atoms with van der Waals surface area (Å²) in [5.41, 5.74) is 2.17. The van der Waals surface area contributed by atoms with Crippen LogP contribution in [0.25, 0.3) is 0 Å². The molecule has 1 saturated heterocycles. The van der Waals surface area contributed by atoms with Crippen molar-refractivity contribution in [3.63, 3.8) is 0 Å². The first-order chi connectivity index (χ1) is 12.2. The molecule has 132 valence electrons. The van der Waals surface area contributed by atoms with Crippen LogP contribution in [0.4, 0.5) is 10.1 Å². The third kappa shape index (κ3) is 5.29. The van der Waals surface area contributed by atoms with Gasteiger partial charge < -0.3 is 10.2 Å². The highest BCUT2D eigenvalue weighted by Crippen LogP contribution is 2.15. The molecule has 4 nitrogen and oxygen atoms in total. The molecule has 1 aliphatic heterocycles. The highest BCUT2D eigenvalue weighted by atomic mass is 19.1. The second-order valence-electron chi connectivity index (χ2n) is 6.32. The Balaban J connectivity index is 1.35. The smallest absolute Gasteiger partial charge is 0.221 e. The molecule has 2 aromatic carbocycles. The number of anilines is 1. The van der Waals surface area contributed by atoms with Crippen LogP contribution in [0.2, 0.25) is 0 Å². The Labute approximate surface area is 148 Å². The summed E-state index contributed by atoms with van der Waals surface area (Å²) < 4.78 is 12.9. The van der Waals surface area contributed by atoms with E-state index < -0.39 is 0 Å². The average molecular weight is 341 g/mol. The van der Waals surface area contributed by atoms with Crippen molar-refractivity contribution in [3.8, 4) is 0 Å². The summed E-state index contributed by atoms with van der Waals surface area (Å²) in [5.74, 6) is -0.223. The van der Waals surface area contributed by atoms with Gasteiger partial charge in [0, 0.05) is 51.4 Å². The SMILES string of the molecule is O=C(CCN1CCN(c2ccccc2)CC1)NCc1ccc(F)cc1. The lowest BCUT2D eigenvalue weighted by molar-refractivity contribution is -0.121. The molecule has 0 aliphatic carbocycles. The Morgan fingerprint density at radius 2 is 1.64 bits per heavy atom. The van der Waals surface area contributed by atoms with Gasteiger partial charge in [-0.05, 0) is 29.8 Å². The van der Waals surface area contributed by atoms with Gasteiger partial charge in [0.15, 0.2) is 0 Å². The maximum atomic E-state index is 12.9. The van der Waals surface area contributed by atoms with E-state index in [1.807, 2.05) is 6.07 Å². The largest absolute Gasteiger partial charge is 0.369 e. The van der Waals surface area contributed by atoms with Crippen LogP contribution in [0.15, 0.2) is 54.6 Å². The molecule has 5 heteroatoms. The summed E-state index contributed by atoms with van der Waals surface area (Å²) in [4.78, 5) is 16.7. The first kappa shape index (κ1) is 17.4. The average Bonchev–Trinajstić information content (AvgIpc) is 2.67. The number of hydrogen-bond donors (Lipinski definition) is 1. The van der Waals surface area contributed by atoms with Crippen molar-refractivity contribution in [1.29, 1.82) is 0 Å². The van der Waals surface area contributed by atoms with Gasteiger partial charge in [-0.15, -0.1) is 0 Å². The molecule has 25 heavy (non-hydrogen) atoms. The van der Waals surface area contributed by atoms with Gasteiger partial charge in [0.2, 0.25) is 5.91 Å². The molecule has 0 saturated carbocycles. The molecule has 1 heterocycles. The number of amides is 1. The fourth-order valence-corrected chi connectivity index (χ4v) is 3.02. The number of piperazine rings is 1. The van der Waals surface area contributed by atoms with Crippen LogP contribution in [0.1, 0.15) is 12.0 Å². The Kier molecular flexibility index (Phi) is 6.01. The van der Waals surface area contributed by atoms with Gasteiger partial charge in [-0.1, -0.05) is 30.3 Å². The zero-order valence-electron chi connectivity index (χ0n) is 14.3. The Hall–Kier alpha value is -2.40. The number of para-hydroxylation sites is 1. The summed E-state index contributed by atoms with van der Waals surface area (Å²) in [6, 6.07) is 16.6. The predicted octanol–water partition coefficient (Wildman–Crippen LogP) is 2.65. The number of carbonyl (C=O) groups excluding carboxylic acids is 1. The minimum Gasteiger partial charge on any atom is -0.369 e. The Morgan fingerprint density at radius 1 is 0.960 bits per heavy atom. The highest BCUT2D eigenvalue weighted by molar-refractivity contribution is 5.76. The number of rotatable bonds is 6. The predicted molar refractivity (Wildman–Crippen MR) is 98.0 cm³/mol. The van der Waals surface area contributed by atoms with Gasteiger partial charge >= 0.3 is 0 Å². The third-order valence-corrected chi connectivity index (χ3v) is 4.55. The molecule has 1 amide bonds. The van der Waals surface area contributed by atoms with Crippen molar-refractivity contribution < 1.29 is 9.18 Å². The van der Waals surface area contributed by atoms with Crippen molar-refractivity contribution in [2.75, 3.05) is 37.6 Å². The fourth-order valence-electron chi connectivity index (χ4n) is 3.02. The molecule has 1 N–H and O–H groups in total. The molecular weight excluding hydrogens is 317 g/mol. The minimum atomic E-state index is -0.260. The number of hydrogen-bond acceptors (Lipinski definition) is 3. The number of nitrogens with one attached hydrogen (secondary N) is 1. The molecule has 0 spiro atoms. The normalized spacial score (nSPS) is 15.2. The summed E-state index contributed by atoms with van der Waals surface area (Å²) in [5, 5.41) is 2.89. The summed E-state index contributed by atoms with van der Waals surface area (Å²) in [7, 11) is 0. The van der Waals surface area contributed by atoms with E-state index >= 15 is 0 Å². The van der Waals surface area contributed by atoms with Crippen LogP contribution in [0.5, 0.6) is 0 Å². The van der Waals surface area contributed by atoms with E-state index in [-0.39, 0.29) is 11.7 Å². The number of benzene rings is 2. The van der Waals surface area contributed by atoms with Gasteiger partial charge in [-0.2, -0.15) is 0 Å². The van der Waals surface area contributed by atoms with Crippen molar-refractivity contribution in [3.05, 3.63) is 66.0 Å². The highest BCUT2D eigenvalue weighted by Gasteiger charge is 2.17. The van der Waals surface area contributed by atoms with E-state index in [1.165, 1.54) is 17.8 Å². The van der Waals surface area contributed by atoms with Crippen LogP contribution in [0.3, 0.4) is 0 Å². The van der Waals surface area contributed by atoms with Crippen molar-refractivity contribution in [2.24, 2.45) is 0 Å². The van der Waals surface area contributed by atoms with Gasteiger partial charge in [-0.3, -0.25) is 9.69 Å². The van der Waals surface area contributed by atoms with E-state index in [0.29, 0.717) is 13.0 Å². The number of nitrogens with zero attached hydrogens (tertiary/aromatic N) is 2. The number of carbonyl (C=O) groups is 1. The quantitative estimate of drug-likeness (QED) is 0.877. The molecule has 1 fully saturated rings. The van der Waals surface area contributed by atoms with Crippen molar-refractivity contribution in [2.45, 2.75) is 13.0 Å². The molecule has 0 bridgehead atoms. The lowest BCUT2D eigenvalue weighted by atomic mass is 10.2. The van der Waals surface area contributed by atoms with Crippen LogP contribution < -0.4 is 10.2 Å². The van der Waals surface area contributed by atoms with Crippen LogP contribution >= 0.6 is 0 Å². The second-order valence-corrected chi connectivity index (χ2v) is 6.32. The van der Waals surface area contributed by atoms with Crippen molar-refractivity contribution >= 4 is 11.6 Å². The maximum absolute atomic E-state index is 12.9. The molecule has 0 unspecified atom stereocenters. The molecule has 0 aromatic heterocycles. The Morgan fingerprint density at radius 3 is 2.32 bits per heavy atom. The van der Waals surface area contributed by atoms with Crippen LogP contribution in [0, 0.1) is 5.82 Å². The standard InChI is InChI=1S/C20H24FN3O/c21-18-8-6-17(7-9-18)16-22-20(25)10-11-23-12-14-24(15-13-23)19-4-2-1-3-5-19/h1-9H,10-16H2,(H,22,25). The fraction of sp³-hybridized carbons (Fsp3) is 0.350. The Bertz CT molecular complexity index is 667. The van der Waals surface area contributed by atoms with Gasteiger partial charge in [0.25, 0.3) is 0 Å². The van der Waals surface area contributed by atoms with Gasteiger partial charge in [0.1, 0.15) is 5.82 Å². The summed E-state index contributed by atoms with van der Waals surface area (Å²) in [6.45, 7) is 5.14. The van der Waals surface area contributed by atoms with Gasteiger partial charge in [-0.25, -0.2) is 4.39 Å². The molecule has 2 aromatic rings. The third-order valence-electron chi connectivity index (χ3n) is 4.55. The zero-order valence-corrected chi connectivity index (χ0v) is 14.3. The zero-order chi connectivity index (χ0) is 17.5. The van der Waals surface area contributed by atoms with E-state index in [0.717, 1.165) is 38.3 Å². The first-order valence-corrected chi connectivity index (χ1v) is 8.74. The molecule has 0 radical (unpaired) electrons. The number of halogens is 1.